The third-order valence-corrected chi connectivity index (χ3v) is 10.1. The quantitative estimate of drug-likeness (QED) is 0.190. The van der Waals surface area contributed by atoms with Gasteiger partial charge in [0.1, 0.15) is 0 Å². The molecule has 48 heavy (non-hydrogen) atoms. The van der Waals surface area contributed by atoms with E-state index in [-0.39, 0.29) is 21.7 Å². The molecule has 0 unspecified atom stereocenters. The van der Waals surface area contributed by atoms with E-state index >= 15 is 0 Å². The van der Waals surface area contributed by atoms with E-state index in [1.807, 2.05) is 12.4 Å². The molecule has 7 rings (SSSR count). The Morgan fingerprint density at radius 3 is 0.771 bits per heavy atom. The van der Waals surface area contributed by atoms with E-state index in [2.05, 4.69) is 165 Å². The van der Waals surface area contributed by atoms with Crippen molar-refractivity contribution in [1.29, 1.82) is 0 Å². The molecule has 0 aliphatic heterocycles. The molecule has 0 saturated carbocycles. The average Bonchev–Trinajstić information content (AvgIpc) is 3.51. The van der Waals surface area contributed by atoms with Crippen molar-refractivity contribution in [1.82, 2.24) is 19.1 Å². The Morgan fingerprint density at radius 2 is 0.583 bits per heavy atom. The Balaban J connectivity index is 1.44. The fourth-order valence-corrected chi connectivity index (χ4v) is 6.95. The van der Waals surface area contributed by atoms with E-state index in [0.29, 0.717) is 0 Å². The van der Waals surface area contributed by atoms with Crippen LogP contribution < -0.4 is 0 Å². The molecule has 0 aliphatic rings. The molecule has 246 valence electrons. The zero-order valence-corrected chi connectivity index (χ0v) is 30.9. The van der Waals surface area contributed by atoms with Gasteiger partial charge < -0.3 is 0 Å². The maximum absolute atomic E-state index is 5.13. The highest BCUT2D eigenvalue weighted by Crippen LogP contribution is 2.39. The zero-order chi connectivity index (χ0) is 34.6. The molecule has 0 bridgehead atoms. The Bertz CT molecular complexity index is 2040. The van der Waals surface area contributed by atoms with Crippen LogP contribution in [0.3, 0.4) is 0 Å². The lowest BCUT2D eigenvalue weighted by atomic mass is 9.85. The highest BCUT2D eigenvalue weighted by molar-refractivity contribution is 6.11. The van der Waals surface area contributed by atoms with Gasteiger partial charge in [0.2, 0.25) is 0 Å². The largest absolute Gasteiger partial charge is 0.293 e. The molecular weight excluding hydrogens is 585 g/mol. The van der Waals surface area contributed by atoms with Gasteiger partial charge in [0.15, 0.2) is 11.6 Å². The van der Waals surface area contributed by atoms with Crippen LogP contribution in [0.5, 0.6) is 0 Å². The summed E-state index contributed by atoms with van der Waals surface area (Å²) < 4.78 is 4.55. The number of benzene rings is 4. The van der Waals surface area contributed by atoms with Crippen molar-refractivity contribution in [2.24, 2.45) is 0 Å². The summed E-state index contributed by atoms with van der Waals surface area (Å²) in [6, 6.07) is 27.6. The van der Waals surface area contributed by atoms with Crippen LogP contribution in [0.4, 0.5) is 0 Å². The third kappa shape index (κ3) is 5.30. The molecule has 0 saturated heterocycles. The second-order valence-corrected chi connectivity index (χ2v) is 17.8. The Kier molecular flexibility index (Phi) is 7.05. The molecular formula is C44H50N4. The molecule has 4 heteroatoms. The minimum atomic E-state index is 0.0509. The van der Waals surface area contributed by atoms with E-state index in [0.717, 1.165) is 33.7 Å². The Hall–Kier alpha value is -4.44. The summed E-state index contributed by atoms with van der Waals surface area (Å²) >= 11 is 0. The Morgan fingerprint density at radius 1 is 0.354 bits per heavy atom. The van der Waals surface area contributed by atoms with Crippen molar-refractivity contribution in [3.63, 3.8) is 0 Å². The van der Waals surface area contributed by atoms with Crippen LogP contribution in [0.25, 0.3) is 55.2 Å². The van der Waals surface area contributed by atoms with E-state index in [1.54, 1.807) is 0 Å². The van der Waals surface area contributed by atoms with Gasteiger partial charge in [-0.15, -0.1) is 0 Å². The molecule has 3 aromatic heterocycles. The van der Waals surface area contributed by atoms with Crippen LogP contribution in [0.2, 0.25) is 0 Å². The lowest BCUT2D eigenvalue weighted by Gasteiger charge is -2.19. The van der Waals surface area contributed by atoms with Crippen molar-refractivity contribution in [2.45, 2.75) is 105 Å². The predicted octanol–water partition coefficient (Wildman–Crippen LogP) is 11.9. The standard InChI is InChI=1S/C44H50N4/c1-41(2,3)27-13-17-35-31(21-27)32-22-28(42(4,5)6)14-18-36(32)47(35)39-25-46-40(26-45-39)48-37-19-15-29(43(7,8)9)23-33(37)34-24-30(44(10,11)12)16-20-38(34)48/h13-26H,1-12H3. The van der Waals surface area contributed by atoms with E-state index in [4.69, 9.17) is 9.97 Å². The first-order chi connectivity index (χ1) is 22.3. The molecule has 0 fully saturated rings. The fraction of sp³-hybridized carbons (Fsp3) is 0.364. The van der Waals surface area contributed by atoms with Gasteiger partial charge in [0.05, 0.1) is 34.5 Å². The SMILES string of the molecule is CC(C)(C)c1ccc2c(c1)c1cc(C(C)(C)C)ccc1n2-c1cnc(-n2c3ccc(C(C)(C)C)cc3c3cc(C(C)(C)C)ccc32)cn1. The minimum Gasteiger partial charge on any atom is -0.293 e. The monoisotopic (exact) mass is 634 g/mol. The maximum Gasteiger partial charge on any atom is 0.156 e. The molecule has 7 aromatic rings. The van der Waals surface area contributed by atoms with Crippen LogP contribution in [-0.2, 0) is 21.7 Å². The molecule has 4 nitrogen and oxygen atoms in total. The highest BCUT2D eigenvalue weighted by Gasteiger charge is 2.23. The summed E-state index contributed by atoms with van der Waals surface area (Å²) in [6.07, 6.45) is 3.88. The number of fused-ring (bicyclic) bond motifs is 6. The van der Waals surface area contributed by atoms with Crippen molar-refractivity contribution in [3.05, 3.63) is 107 Å². The van der Waals surface area contributed by atoms with Crippen molar-refractivity contribution in [2.75, 3.05) is 0 Å². The minimum absolute atomic E-state index is 0.0509. The van der Waals surface area contributed by atoms with Gasteiger partial charge in [-0.05, 0) is 92.4 Å². The van der Waals surface area contributed by atoms with E-state index in [1.165, 1.54) is 43.8 Å². The second-order valence-electron chi connectivity index (χ2n) is 17.8. The lowest BCUT2D eigenvalue weighted by Crippen LogP contribution is -2.10. The second kappa shape index (κ2) is 10.5. The summed E-state index contributed by atoms with van der Waals surface area (Å²) in [7, 11) is 0. The average molecular weight is 635 g/mol. The van der Waals surface area contributed by atoms with Gasteiger partial charge in [-0.25, -0.2) is 9.97 Å². The van der Waals surface area contributed by atoms with Gasteiger partial charge in [-0.3, -0.25) is 9.13 Å². The number of aromatic nitrogens is 4. The fourth-order valence-electron chi connectivity index (χ4n) is 6.95. The first-order valence-corrected chi connectivity index (χ1v) is 17.3. The number of hydrogen-bond donors (Lipinski definition) is 0. The zero-order valence-electron chi connectivity index (χ0n) is 30.9. The van der Waals surface area contributed by atoms with Crippen LogP contribution in [0.15, 0.2) is 85.2 Å². The Labute approximate surface area is 285 Å². The first-order valence-electron chi connectivity index (χ1n) is 17.3. The summed E-state index contributed by atoms with van der Waals surface area (Å²) in [4.78, 5) is 10.3. The number of nitrogens with zero attached hydrogens (tertiary/aromatic N) is 4. The van der Waals surface area contributed by atoms with Crippen LogP contribution >= 0.6 is 0 Å². The lowest BCUT2D eigenvalue weighted by molar-refractivity contribution is 0.590. The molecule has 0 N–H and O–H groups in total. The van der Waals surface area contributed by atoms with Gasteiger partial charge in [0, 0.05) is 21.5 Å². The molecule has 0 aliphatic carbocycles. The highest BCUT2D eigenvalue weighted by atomic mass is 15.1. The predicted molar refractivity (Wildman–Crippen MR) is 206 cm³/mol. The van der Waals surface area contributed by atoms with Crippen LogP contribution in [0.1, 0.15) is 105 Å². The van der Waals surface area contributed by atoms with Crippen molar-refractivity contribution in [3.8, 4) is 11.6 Å². The van der Waals surface area contributed by atoms with Crippen LogP contribution in [-0.4, -0.2) is 19.1 Å². The molecule has 3 heterocycles. The summed E-state index contributed by atoms with van der Waals surface area (Å²) in [5.74, 6) is 1.63. The summed E-state index contributed by atoms with van der Waals surface area (Å²) in [6.45, 7) is 27.3. The van der Waals surface area contributed by atoms with E-state index in [9.17, 15) is 0 Å². The smallest absolute Gasteiger partial charge is 0.156 e. The number of rotatable bonds is 2. The molecule has 0 atom stereocenters. The number of hydrogen-bond acceptors (Lipinski definition) is 2. The summed E-state index contributed by atoms with van der Waals surface area (Å²) in [5.41, 5.74) is 10.1. The molecule has 0 amide bonds. The molecule has 0 spiro atoms. The third-order valence-electron chi connectivity index (χ3n) is 10.1. The normalized spacial score (nSPS) is 13.4. The topological polar surface area (TPSA) is 35.6 Å². The van der Waals surface area contributed by atoms with Gasteiger partial charge in [-0.1, -0.05) is 107 Å². The first kappa shape index (κ1) is 32.1. The molecule has 4 aromatic carbocycles. The van der Waals surface area contributed by atoms with Gasteiger partial charge in [0.25, 0.3) is 0 Å². The van der Waals surface area contributed by atoms with Crippen molar-refractivity contribution < 1.29 is 0 Å². The van der Waals surface area contributed by atoms with E-state index < -0.39 is 0 Å². The van der Waals surface area contributed by atoms with Crippen LogP contribution in [0, 0.1) is 0 Å². The van der Waals surface area contributed by atoms with Crippen molar-refractivity contribution >= 4 is 43.6 Å². The van der Waals surface area contributed by atoms with Gasteiger partial charge >= 0.3 is 0 Å². The van der Waals surface area contributed by atoms with Gasteiger partial charge in [-0.2, -0.15) is 0 Å². The molecule has 0 radical (unpaired) electrons. The maximum atomic E-state index is 5.13. The summed E-state index contributed by atoms with van der Waals surface area (Å²) in [5, 5.41) is 5.00.